The number of anilines is 1. The average molecular weight is 429 g/mol. The number of hydrogen-bond donors (Lipinski definition) is 3. The number of guanidine groups is 1. The van der Waals surface area contributed by atoms with Crippen LogP contribution in [-0.2, 0) is 0 Å². The number of nitrogens with zero attached hydrogens (tertiary/aromatic N) is 3. The molecule has 32 heavy (non-hydrogen) atoms. The predicted octanol–water partition coefficient (Wildman–Crippen LogP) is 4.04. The maximum atomic E-state index is 8.88. The van der Waals surface area contributed by atoms with E-state index in [1.807, 2.05) is 54.7 Å². The summed E-state index contributed by atoms with van der Waals surface area (Å²) in [6, 6.07) is 22.1. The van der Waals surface area contributed by atoms with Gasteiger partial charge in [-0.05, 0) is 43.1 Å². The van der Waals surface area contributed by atoms with E-state index >= 15 is 0 Å². The first kappa shape index (κ1) is 22.8. The van der Waals surface area contributed by atoms with Crippen LogP contribution in [0.1, 0.15) is 12.8 Å². The van der Waals surface area contributed by atoms with Crippen LogP contribution >= 0.6 is 0 Å². The fraction of sp³-hybridized carbons (Fsp3) is 0.240. The molecule has 0 radical (unpaired) electrons. The van der Waals surface area contributed by atoms with Crippen molar-refractivity contribution in [3.63, 3.8) is 0 Å². The average Bonchev–Trinajstić information content (AvgIpc) is 2.84. The van der Waals surface area contributed by atoms with Crippen LogP contribution in [0.4, 0.5) is 5.69 Å². The van der Waals surface area contributed by atoms with Gasteiger partial charge in [-0.3, -0.25) is 15.3 Å². The Morgan fingerprint density at radius 1 is 0.938 bits per heavy atom. The van der Waals surface area contributed by atoms with Gasteiger partial charge >= 0.3 is 0 Å². The lowest BCUT2D eigenvalue weighted by atomic mass is 10.1. The highest BCUT2D eigenvalue weighted by Gasteiger charge is 2.05. The van der Waals surface area contributed by atoms with E-state index in [9.17, 15) is 0 Å². The summed E-state index contributed by atoms with van der Waals surface area (Å²) < 4.78 is 6.03. The van der Waals surface area contributed by atoms with E-state index < -0.39 is 0 Å². The van der Waals surface area contributed by atoms with Crippen LogP contribution in [0.15, 0.2) is 84.1 Å². The zero-order valence-electron chi connectivity index (χ0n) is 18.0. The van der Waals surface area contributed by atoms with E-state index in [0.29, 0.717) is 19.1 Å². The Labute approximate surface area is 189 Å². The number of ether oxygens (including phenoxy) is 1. The van der Waals surface area contributed by atoms with Crippen molar-refractivity contribution in [1.82, 2.24) is 15.6 Å². The fourth-order valence-corrected chi connectivity index (χ4v) is 3.09. The number of aliphatic imine (C=N–C) groups is 1. The molecule has 0 unspecified atom stereocenters. The van der Waals surface area contributed by atoms with Crippen LogP contribution in [0.3, 0.4) is 0 Å². The van der Waals surface area contributed by atoms with Gasteiger partial charge in [0.2, 0.25) is 5.96 Å². The zero-order valence-corrected chi connectivity index (χ0v) is 18.0. The standard InChI is InChI=1S/C25H28N6O/c26-20-30-25(31-22-12-15-28-16-13-22)29-18-17-27-14-6-7-19-32-24-11-5-4-10-23(24)21-8-2-1-3-9-21/h1-5,8-13,15-16,27H,6-7,14,17-19H2,(H2,28,29,30,31). The quantitative estimate of drug-likeness (QED) is 0.140. The highest BCUT2D eigenvalue weighted by molar-refractivity contribution is 5.94. The minimum absolute atomic E-state index is 0.422. The highest BCUT2D eigenvalue weighted by atomic mass is 16.5. The summed E-state index contributed by atoms with van der Waals surface area (Å²) in [4.78, 5) is 8.35. The van der Waals surface area contributed by atoms with Crippen LogP contribution in [-0.4, -0.2) is 37.2 Å². The zero-order chi connectivity index (χ0) is 22.3. The molecule has 0 amide bonds. The molecule has 7 nitrogen and oxygen atoms in total. The molecule has 7 heteroatoms. The van der Waals surface area contributed by atoms with Gasteiger partial charge < -0.3 is 15.4 Å². The number of pyridine rings is 1. The summed E-state index contributed by atoms with van der Waals surface area (Å²) in [7, 11) is 0. The molecule has 3 rings (SSSR count). The molecule has 0 saturated carbocycles. The molecule has 0 aliphatic carbocycles. The van der Waals surface area contributed by atoms with Crippen molar-refractivity contribution < 1.29 is 4.74 Å². The molecule has 2 aromatic carbocycles. The number of rotatable bonds is 11. The Bertz CT molecular complexity index is 1000. The van der Waals surface area contributed by atoms with Crippen LogP contribution in [0, 0.1) is 11.5 Å². The Morgan fingerprint density at radius 2 is 1.72 bits per heavy atom. The molecule has 0 atom stereocenters. The number of benzene rings is 2. The molecule has 164 valence electrons. The third-order valence-electron chi connectivity index (χ3n) is 4.65. The topological polar surface area (TPSA) is 94.4 Å². The normalized spacial score (nSPS) is 10.9. The summed E-state index contributed by atoms with van der Waals surface area (Å²) in [5.41, 5.74) is 3.10. The molecule has 0 bridgehead atoms. The van der Waals surface area contributed by atoms with Gasteiger partial charge in [0, 0.05) is 30.2 Å². The van der Waals surface area contributed by atoms with Gasteiger partial charge in [0.25, 0.3) is 0 Å². The van der Waals surface area contributed by atoms with E-state index in [2.05, 4.69) is 44.1 Å². The first-order valence-electron chi connectivity index (χ1n) is 10.7. The molecule has 1 heterocycles. The number of hydrogen-bond acceptors (Lipinski definition) is 5. The molecule has 3 N–H and O–H groups in total. The summed E-state index contributed by atoms with van der Waals surface area (Å²) in [5.74, 6) is 1.34. The minimum atomic E-state index is 0.422. The number of para-hydroxylation sites is 1. The van der Waals surface area contributed by atoms with E-state index in [0.717, 1.165) is 48.5 Å². The monoisotopic (exact) mass is 428 g/mol. The summed E-state index contributed by atoms with van der Waals surface area (Å²) >= 11 is 0. The number of nitriles is 1. The van der Waals surface area contributed by atoms with Gasteiger partial charge in [0.1, 0.15) is 5.75 Å². The second-order valence-electron chi connectivity index (χ2n) is 7.00. The van der Waals surface area contributed by atoms with Crippen molar-refractivity contribution in [2.24, 2.45) is 4.99 Å². The van der Waals surface area contributed by atoms with E-state index in [4.69, 9.17) is 10.00 Å². The third kappa shape index (κ3) is 7.74. The molecular formula is C25H28N6O. The highest BCUT2D eigenvalue weighted by Crippen LogP contribution is 2.29. The third-order valence-corrected chi connectivity index (χ3v) is 4.65. The molecule has 1 aromatic heterocycles. The van der Waals surface area contributed by atoms with Crippen molar-refractivity contribution in [3.8, 4) is 23.1 Å². The van der Waals surface area contributed by atoms with Gasteiger partial charge in [-0.2, -0.15) is 5.26 Å². The van der Waals surface area contributed by atoms with Gasteiger partial charge in [0.05, 0.1) is 13.2 Å². The first-order chi connectivity index (χ1) is 15.9. The van der Waals surface area contributed by atoms with Crippen molar-refractivity contribution in [2.75, 3.05) is 31.6 Å². The van der Waals surface area contributed by atoms with Gasteiger partial charge in [-0.25, -0.2) is 0 Å². The number of nitrogens with one attached hydrogen (secondary N) is 3. The Balaban J connectivity index is 1.32. The lowest BCUT2D eigenvalue weighted by Gasteiger charge is -2.12. The molecular weight excluding hydrogens is 400 g/mol. The van der Waals surface area contributed by atoms with Crippen LogP contribution < -0.4 is 20.7 Å². The van der Waals surface area contributed by atoms with Gasteiger partial charge in [0.15, 0.2) is 6.19 Å². The molecule has 0 saturated heterocycles. The smallest absolute Gasteiger partial charge is 0.209 e. The van der Waals surface area contributed by atoms with Crippen molar-refractivity contribution in [2.45, 2.75) is 12.8 Å². The Hall–Kier alpha value is -3.89. The maximum absolute atomic E-state index is 8.88. The van der Waals surface area contributed by atoms with Crippen LogP contribution in [0.2, 0.25) is 0 Å². The molecule has 3 aromatic rings. The predicted molar refractivity (Wildman–Crippen MR) is 128 cm³/mol. The number of aromatic nitrogens is 1. The van der Waals surface area contributed by atoms with E-state index in [1.54, 1.807) is 12.4 Å². The van der Waals surface area contributed by atoms with Crippen molar-refractivity contribution in [1.29, 1.82) is 5.26 Å². The SMILES string of the molecule is N#CNC(=NCCNCCCCOc1ccccc1-c1ccccc1)Nc1ccncc1. The van der Waals surface area contributed by atoms with Crippen molar-refractivity contribution in [3.05, 3.63) is 79.1 Å². The van der Waals surface area contributed by atoms with E-state index in [-0.39, 0.29) is 0 Å². The second kappa shape index (κ2) is 13.4. The first-order valence-corrected chi connectivity index (χ1v) is 10.7. The fourth-order valence-electron chi connectivity index (χ4n) is 3.09. The van der Waals surface area contributed by atoms with Crippen LogP contribution in [0.25, 0.3) is 11.1 Å². The van der Waals surface area contributed by atoms with Crippen molar-refractivity contribution >= 4 is 11.6 Å². The van der Waals surface area contributed by atoms with Crippen LogP contribution in [0.5, 0.6) is 5.75 Å². The van der Waals surface area contributed by atoms with E-state index in [1.165, 1.54) is 0 Å². The Morgan fingerprint density at radius 3 is 2.53 bits per heavy atom. The summed E-state index contributed by atoms with van der Waals surface area (Å²) in [5, 5.41) is 17.9. The number of unbranched alkanes of at least 4 members (excludes halogenated alkanes) is 1. The minimum Gasteiger partial charge on any atom is -0.493 e. The lowest BCUT2D eigenvalue weighted by molar-refractivity contribution is 0.307. The maximum Gasteiger partial charge on any atom is 0.209 e. The molecule has 0 spiro atoms. The van der Waals surface area contributed by atoms with Gasteiger partial charge in [-0.15, -0.1) is 0 Å². The Kier molecular flexibility index (Phi) is 9.56. The van der Waals surface area contributed by atoms with Gasteiger partial charge in [-0.1, -0.05) is 48.5 Å². The molecule has 0 fully saturated rings. The summed E-state index contributed by atoms with van der Waals surface area (Å²) in [6.45, 7) is 2.85. The lowest BCUT2D eigenvalue weighted by Crippen LogP contribution is -2.28. The second-order valence-corrected chi connectivity index (χ2v) is 7.00. The largest absolute Gasteiger partial charge is 0.493 e. The molecule has 0 aliphatic heterocycles. The molecule has 0 aliphatic rings. The summed E-state index contributed by atoms with van der Waals surface area (Å²) in [6.07, 6.45) is 7.23.